The van der Waals surface area contributed by atoms with Crippen molar-refractivity contribution in [2.45, 2.75) is 38.6 Å². The third-order valence-electron chi connectivity index (χ3n) is 7.70. The highest BCUT2D eigenvalue weighted by molar-refractivity contribution is 5.68. The van der Waals surface area contributed by atoms with E-state index in [0.717, 1.165) is 75.8 Å². The van der Waals surface area contributed by atoms with E-state index in [0.29, 0.717) is 18.5 Å². The smallest absolute Gasteiger partial charge is 0.157 e. The molecule has 0 spiro atoms. The second-order valence-corrected chi connectivity index (χ2v) is 10.6. The van der Waals surface area contributed by atoms with Gasteiger partial charge in [-0.05, 0) is 77.6 Å². The van der Waals surface area contributed by atoms with E-state index in [1.54, 1.807) is 0 Å². The Balaban J connectivity index is 0.000000519. The average molecular weight is 541 g/mol. The van der Waals surface area contributed by atoms with Crippen LogP contribution in [0.4, 0.5) is 22.9 Å². The Morgan fingerprint density at radius 1 is 1.03 bits per heavy atom. The van der Waals surface area contributed by atoms with E-state index < -0.39 is 0 Å². The Labute approximate surface area is 234 Å². The van der Waals surface area contributed by atoms with Crippen molar-refractivity contribution in [1.82, 2.24) is 25.1 Å². The van der Waals surface area contributed by atoms with Crippen molar-refractivity contribution in [3.63, 3.8) is 0 Å². The normalized spacial score (nSPS) is 19.4. The topological polar surface area (TPSA) is 91.4 Å². The van der Waals surface area contributed by atoms with Crippen LogP contribution in [0.3, 0.4) is 0 Å². The lowest BCUT2D eigenvalue weighted by Gasteiger charge is -2.36. The number of hydrazine groups is 1. The number of hydrogen-bond donors (Lipinski definition) is 4. The van der Waals surface area contributed by atoms with Crippen LogP contribution in [0.15, 0.2) is 36.5 Å². The Morgan fingerprint density at radius 3 is 2.38 bits per heavy atom. The van der Waals surface area contributed by atoms with Crippen LogP contribution in [-0.4, -0.2) is 111 Å². The van der Waals surface area contributed by atoms with Gasteiger partial charge in [-0.15, -0.1) is 0 Å². The molecule has 0 radical (unpaired) electrons. The SMILES string of the molecule is CCN1CCN(Nc2cccc(Nc3cc(N(CNC)C4CCOCC4)c(O)cn3)c2)CC1.CN1CCCC1. The molecule has 0 amide bonds. The van der Waals surface area contributed by atoms with Gasteiger partial charge in [-0.2, -0.15) is 0 Å². The molecular formula is C29H48N8O2. The number of likely N-dealkylation sites (N-methyl/N-ethyl adjacent to an activating group) is 1. The van der Waals surface area contributed by atoms with Crippen molar-refractivity contribution < 1.29 is 9.84 Å². The van der Waals surface area contributed by atoms with Crippen molar-refractivity contribution in [3.8, 4) is 5.75 Å². The quantitative estimate of drug-likeness (QED) is 0.355. The van der Waals surface area contributed by atoms with Gasteiger partial charge in [0.15, 0.2) is 5.75 Å². The van der Waals surface area contributed by atoms with Crippen molar-refractivity contribution in [2.24, 2.45) is 0 Å². The summed E-state index contributed by atoms with van der Waals surface area (Å²) in [5.74, 6) is 0.883. The van der Waals surface area contributed by atoms with Crippen LogP contribution in [0.5, 0.6) is 5.75 Å². The van der Waals surface area contributed by atoms with Crippen molar-refractivity contribution in [2.75, 3.05) is 95.4 Å². The molecule has 216 valence electrons. The van der Waals surface area contributed by atoms with Crippen LogP contribution in [0, 0.1) is 0 Å². The summed E-state index contributed by atoms with van der Waals surface area (Å²) < 4.78 is 5.53. The summed E-state index contributed by atoms with van der Waals surface area (Å²) in [6.07, 6.45) is 6.22. The number of hydrogen-bond acceptors (Lipinski definition) is 10. The lowest BCUT2D eigenvalue weighted by Crippen LogP contribution is -2.48. The van der Waals surface area contributed by atoms with E-state index in [-0.39, 0.29) is 5.75 Å². The molecular weight excluding hydrogens is 492 g/mol. The van der Waals surface area contributed by atoms with Crippen LogP contribution in [0.25, 0.3) is 0 Å². The largest absolute Gasteiger partial charge is 0.504 e. The van der Waals surface area contributed by atoms with Gasteiger partial charge in [0, 0.05) is 57.2 Å². The third-order valence-corrected chi connectivity index (χ3v) is 7.70. The second-order valence-electron chi connectivity index (χ2n) is 10.6. The maximum Gasteiger partial charge on any atom is 0.157 e. The van der Waals surface area contributed by atoms with Gasteiger partial charge >= 0.3 is 0 Å². The number of piperazine rings is 1. The Morgan fingerprint density at radius 2 is 1.74 bits per heavy atom. The molecule has 3 fully saturated rings. The highest BCUT2D eigenvalue weighted by Crippen LogP contribution is 2.33. The Hall–Kier alpha value is -2.63. The molecule has 4 N–H and O–H groups in total. The molecule has 0 unspecified atom stereocenters. The summed E-state index contributed by atoms with van der Waals surface area (Å²) in [4.78, 5) is 11.4. The summed E-state index contributed by atoms with van der Waals surface area (Å²) in [6.45, 7) is 12.3. The Bertz CT molecular complexity index is 989. The molecule has 0 aliphatic carbocycles. The molecule has 10 nitrogen and oxygen atoms in total. The van der Waals surface area contributed by atoms with Gasteiger partial charge in [-0.3, -0.25) is 0 Å². The summed E-state index contributed by atoms with van der Waals surface area (Å²) in [5, 5.41) is 19.5. The maximum atomic E-state index is 10.6. The first kappa shape index (κ1) is 29.4. The second kappa shape index (κ2) is 15.2. The molecule has 0 saturated carbocycles. The minimum Gasteiger partial charge on any atom is -0.504 e. The summed E-state index contributed by atoms with van der Waals surface area (Å²) in [5.41, 5.74) is 6.29. The first-order chi connectivity index (χ1) is 19.1. The van der Waals surface area contributed by atoms with Crippen LogP contribution in [0.1, 0.15) is 32.6 Å². The van der Waals surface area contributed by atoms with Crippen molar-refractivity contribution >= 4 is 22.9 Å². The monoisotopic (exact) mass is 540 g/mol. The van der Waals surface area contributed by atoms with Gasteiger partial charge in [0.1, 0.15) is 5.82 Å². The van der Waals surface area contributed by atoms with E-state index in [1.165, 1.54) is 32.1 Å². The van der Waals surface area contributed by atoms with Crippen LogP contribution >= 0.6 is 0 Å². The number of pyridine rings is 1. The number of anilines is 4. The molecule has 1 aromatic carbocycles. The third kappa shape index (κ3) is 8.94. The summed E-state index contributed by atoms with van der Waals surface area (Å²) in [7, 11) is 4.09. The van der Waals surface area contributed by atoms with Crippen LogP contribution < -0.4 is 21.0 Å². The molecule has 3 aliphatic rings. The molecule has 39 heavy (non-hydrogen) atoms. The number of aromatic hydroxyl groups is 1. The average Bonchev–Trinajstić information content (AvgIpc) is 3.45. The number of rotatable bonds is 9. The number of aromatic nitrogens is 1. The zero-order chi connectivity index (χ0) is 27.5. The van der Waals surface area contributed by atoms with Gasteiger partial charge in [-0.25, -0.2) is 9.99 Å². The minimum atomic E-state index is 0.184. The molecule has 1 aromatic heterocycles. The van der Waals surface area contributed by atoms with Gasteiger partial charge in [0.2, 0.25) is 0 Å². The molecule has 10 heteroatoms. The standard InChI is InChI=1S/C24H37N7O2.C5H11N/c1-3-29-9-11-30(12-10-29)28-20-6-4-5-19(15-20)27-24-16-22(23(32)17-26-24)31(18-25-2)21-7-13-33-14-8-21;1-6-4-2-3-5-6/h4-6,15-17,21,25,28,32H,3,7-14,18H2,1-2H3,(H,26,27);2-5H2,1H3. The maximum absolute atomic E-state index is 10.6. The van der Waals surface area contributed by atoms with E-state index in [4.69, 9.17) is 4.74 Å². The lowest BCUT2D eigenvalue weighted by molar-refractivity contribution is 0.0840. The minimum absolute atomic E-state index is 0.184. The molecule has 5 rings (SSSR count). The van der Waals surface area contributed by atoms with Crippen molar-refractivity contribution in [3.05, 3.63) is 36.5 Å². The predicted molar refractivity (Wildman–Crippen MR) is 160 cm³/mol. The summed E-state index contributed by atoms with van der Waals surface area (Å²) >= 11 is 0. The van der Waals surface area contributed by atoms with Crippen LogP contribution in [-0.2, 0) is 4.74 Å². The van der Waals surface area contributed by atoms with E-state index >= 15 is 0 Å². The zero-order valence-corrected chi connectivity index (χ0v) is 24.0. The van der Waals surface area contributed by atoms with E-state index in [9.17, 15) is 5.11 Å². The van der Waals surface area contributed by atoms with Gasteiger partial charge in [-0.1, -0.05) is 13.0 Å². The fraction of sp³-hybridized carbons (Fsp3) is 0.621. The highest BCUT2D eigenvalue weighted by atomic mass is 16.5. The first-order valence-corrected chi connectivity index (χ1v) is 14.5. The molecule has 4 heterocycles. The predicted octanol–water partition coefficient (Wildman–Crippen LogP) is 3.37. The first-order valence-electron chi connectivity index (χ1n) is 14.5. The number of ether oxygens (including phenoxy) is 1. The van der Waals surface area contributed by atoms with Gasteiger partial charge < -0.3 is 40.6 Å². The molecule has 3 saturated heterocycles. The Kier molecular flexibility index (Phi) is 11.5. The molecule has 0 bridgehead atoms. The summed E-state index contributed by atoms with van der Waals surface area (Å²) in [6, 6.07) is 10.5. The van der Waals surface area contributed by atoms with Gasteiger partial charge in [0.05, 0.1) is 24.2 Å². The number of nitrogens with zero attached hydrogens (tertiary/aromatic N) is 5. The number of likely N-dealkylation sites (tertiary alicyclic amines) is 1. The molecule has 2 aromatic rings. The number of benzene rings is 1. The lowest BCUT2D eigenvalue weighted by atomic mass is 10.1. The van der Waals surface area contributed by atoms with E-state index in [1.807, 2.05) is 25.2 Å². The van der Waals surface area contributed by atoms with Gasteiger partial charge in [0.25, 0.3) is 0 Å². The molecule has 0 atom stereocenters. The van der Waals surface area contributed by atoms with Crippen LogP contribution in [0.2, 0.25) is 0 Å². The molecule has 3 aliphatic heterocycles. The fourth-order valence-corrected chi connectivity index (χ4v) is 5.36. The van der Waals surface area contributed by atoms with E-state index in [2.05, 4.69) is 66.9 Å². The number of nitrogens with one attached hydrogen (secondary N) is 3. The van der Waals surface area contributed by atoms with Crippen molar-refractivity contribution in [1.29, 1.82) is 0 Å². The zero-order valence-electron chi connectivity index (χ0n) is 24.0. The highest BCUT2D eigenvalue weighted by Gasteiger charge is 2.24. The fourth-order valence-electron chi connectivity index (χ4n) is 5.36.